The highest BCUT2D eigenvalue weighted by atomic mass is 127. The van der Waals surface area contributed by atoms with E-state index in [-0.39, 0.29) is 35.8 Å². The van der Waals surface area contributed by atoms with E-state index in [1.165, 1.54) is 0 Å². The van der Waals surface area contributed by atoms with E-state index in [0.717, 1.165) is 44.0 Å². The van der Waals surface area contributed by atoms with Gasteiger partial charge in [-0.3, -0.25) is 14.0 Å². The molecule has 0 radical (unpaired) electrons. The first-order valence-corrected chi connectivity index (χ1v) is 11.7. The van der Waals surface area contributed by atoms with Gasteiger partial charge in [-0.05, 0) is 25.3 Å². The molecule has 0 aromatic heterocycles. The number of guanidine groups is 1. The molecule has 29 heavy (non-hydrogen) atoms. The fourth-order valence-corrected chi connectivity index (χ4v) is 4.22. The highest BCUT2D eigenvalue weighted by Gasteiger charge is 2.24. The van der Waals surface area contributed by atoms with Crippen LogP contribution in [0.4, 0.5) is 0 Å². The van der Waals surface area contributed by atoms with Crippen LogP contribution in [0.5, 0.6) is 0 Å². The van der Waals surface area contributed by atoms with Crippen molar-refractivity contribution in [2.75, 3.05) is 31.9 Å². The first-order valence-electron chi connectivity index (χ1n) is 10.2. The number of halogens is 1. The van der Waals surface area contributed by atoms with Crippen LogP contribution in [-0.4, -0.2) is 58.9 Å². The molecule has 1 aromatic carbocycles. The summed E-state index contributed by atoms with van der Waals surface area (Å²) in [5.41, 5.74) is 1.09. The average Bonchev–Trinajstić information content (AvgIpc) is 2.69. The lowest BCUT2D eigenvalue weighted by Gasteiger charge is -2.34. The van der Waals surface area contributed by atoms with Crippen molar-refractivity contribution in [2.24, 2.45) is 10.9 Å². The van der Waals surface area contributed by atoms with Gasteiger partial charge in [0.15, 0.2) is 5.96 Å². The summed E-state index contributed by atoms with van der Waals surface area (Å²) >= 11 is 0. The molecular formula is C21H35IN4O2S. The molecule has 1 heterocycles. The lowest BCUT2D eigenvalue weighted by atomic mass is 10.0. The minimum Gasteiger partial charge on any atom is -0.357 e. The standard InChI is InChI=1S/C21H34N4O2S.HI/c1-4-22-21(23-12-15-28(27)16-18-8-6-5-7-9-18)24-19-10-13-25(14-11-19)20(26)17(2)3;/h5-9,17,19H,4,10-16H2,1-3H3,(H2,22,23,24);1H. The van der Waals surface area contributed by atoms with Crippen molar-refractivity contribution in [3.63, 3.8) is 0 Å². The molecule has 8 heteroatoms. The molecular weight excluding hydrogens is 499 g/mol. The number of amides is 1. The fourth-order valence-electron chi connectivity index (χ4n) is 3.21. The van der Waals surface area contributed by atoms with Crippen molar-refractivity contribution < 1.29 is 9.00 Å². The molecule has 0 saturated carbocycles. The van der Waals surface area contributed by atoms with E-state index >= 15 is 0 Å². The second-order valence-corrected chi connectivity index (χ2v) is 9.01. The summed E-state index contributed by atoms with van der Waals surface area (Å²) in [6.07, 6.45) is 1.84. The van der Waals surface area contributed by atoms with Gasteiger partial charge in [0.05, 0.1) is 6.54 Å². The summed E-state index contributed by atoms with van der Waals surface area (Å²) in [5, 5.41) is 6.74. The Labute approximate surface area is 194 Å². The third-order valence-corrected chi connectivity index (χ3v) is 6.04. The molecule has 1 fully saturated rings. The third kappa shape index (κ3) is 9.46. The first-order chi connectivity index (χ1) is 13.5. The number of carbonyl (C=O) groups is 1. The topological polar surface area (TPSA) is 73.8 Å². The van der Waals surface area contributed by atoms with Crippen LogP contribution in [0, 0.1) is 5.92 Å². The molecule has 1 aliphatic heterocycles. The quantitative estimate of drug-likeness (QED) is 0.306. The number of carbonyl (C=O) groups excluding carboxylic acids is 1. The SMILES string of the molecule is CCNC(=NCCS(=O)Cc1ccccc1)NC1CCN(C(=O)C(C)C)CC1.I. The molecule has 0 spiro atoms. The maximum Gasteiger partial charge on any atom is 0.225 e. The van der Waals surface area contributed by atoms with E-state index in [9.17, 15) is 9.00 Å². The van der Waals surface area contributed by atoms with Crippen LogP contribution in [0.2, 0.25) is 0 Å². The van der Waals surface area contributed by atoms with Crippen LogP contribution >= 0.6 is 24.0 Å². The molecule has 1 aromatic rings. The number of piperidine rings is 1. The zero-order valence-electron chi connectivity index (χ0n) is 17.7. The molecule has 1 saturated heterocycles. The predicted octanol–water partition coefficient (Wildman–Crippen LogP) is 2.76. The van der Waals surface area contributed by atoms with E-state index < -0.39 is 10.8 Å². The summed E-state index contributed by atoms with van der Waals surface area (Å²) in [6, 6.07) is 10.2. The number of benzene rings is 1. The second kappa shape index (κ2) is 14.0. The number of likely N-dealkylation sites (tertiary alicyclic amines) is 1. The molecule has 2 N–H and O–H groups in total. The van der Waals surface area contributed by atoms with Crippen molar-refractivity contribution in [2.45, 2.75) is 45.4 Å². The van der Waals surface area contributed by atoms with Gasteiger partial charge in [-0.2, -0.15) is 0 Å². The average molecular weight is 535 g/mol. The van der Waals surface area contributed by atoms with Crippen LogP contribution in [0.1, 0.15) is 39.2 Å². The largest absolute Gasteiger partial charge is 0.357 e. The highest BCUT2D eigenvalue weighted by molar-refractivity contribution is 14.0. The van der Waals surface area contributed by atoms with Gasteiger partial charge in [0.1, 0.15) is 0 Å². The van der Waals surface area contributed by atoms with E-state index in [1.54, 1.807) is 0 Å². The number of hydrogen-bond donors (Lipinski definition) is 2. The third-order valence-electron chi connectivity index (χ3n) is 4.74. The van der Waals surface area contributed by atoms with Crippen LogP contribution in [0.15, 0.2) is 35.3 Å². The van der Waals surface area contributed by atoms with Gasteiger partial charge < -0.3 is 15.5 Å². The lowest BCUT2D eigenvalue weighted by molar-refractivity contribution is -0.135. The van der Waals surface area contributed by atoms with Gasteiger partial charge >= 0.3 is 0 Å². The normalized spacial score (nSPS) is 16.3. The van der Waals surface area contributed by atoms with E-state index in [1.807, 2.05) is 56.0 Å². The molecule has 1 aliphatic rings. The van der Waals surface area contributed by atoms with Gasteiger partial charge in [-0.25, -0.2) is 0 Å². The molecule has 0 aliphatic carbocycles. The Morgan fingerprint density at radius 2 is 1.90 bits per heavy atom. The summed E-state index contributed by atoms with van der Waals surface area (Å²) in [7, 11) is -0.919. The summed E-state index contributed by atoms with van der Waals surface area (Å²) in [4.78, 5) is 18.7. The van der Waals surface area contributed by atoms with E-state index in [0.29, 0.717) is 24.1 Å². The van der Waals surface area contributed by atoms with Crippen LogP contribution in [0.25, 0.3) is 0 Å². The summed E-state index contributed by atoms with van der Waals surface area (Å²) in [6.45, 7) is 8.82. The van der Waals surface area contributed by atoms with Crippen molar-refractivity contribution in [3.8, 4) is 0 Å². The number of aliphatic imine (C=N–C) groups is 1. The van der Waals surface area contributed by atoms with E-state index in [2.05, 4.69) is 15.6 Å². The maximum absolute atomic E-state index is 12.3. The minimum atomic E-state index is -0.919. The monoisotopic (exact) mass is 534 g/mol. The predicted molar refractivity (Wildman–Crippen MR) is 132 cm³/mol. The van der Waals surface area contributed by atoms with E-state index in [4.69, 9.17) is 0 Å². The molecule has 2 rings (SSSR count). The zero-order valence-corrected chi connectivity index (χ0v) is 20.9. The Bertz CT molecular complexity index is 662. The van der Waals surface area contributed by atoms with Gasteiger partial charge in [-0.1, -0.05) is 44.2 Å². The smallest absolute Gasteiger partial charge is 0.225 e. The van der Waals surface area contributed by atoms with Crippen molar-refractivity contribution in [3.05, 3.63) is 35.9 Å². The van der Waals surface area contributed by atoms with Crippen molar-refractivity contribution in [1.82, 2.24) is 15.5 Å². The maximum atomic E-state index is 12.3. The molecule has 1 unspecified atom stereocenters. The Kier molecular flexibility index (Phi) is 12.4. The van der Waals surface area contributed by atoms with Crippen molar-refractivity contribution >= 4 is 46.6 Å². The Morgan fingerprint density at radius 3 is 2.48 bits per heavy atom. The van der Waals surface area contributed by atoms with Crippen LogP contribution in [0.3, 0.4) is 0 Å². The summed E-state index contributed by atoms with van der Waals surface area (Å²) in [5.74, 6) is 2.18. The number of hydrogen-bond acceptors (Lipinski definition) is 3. The Morgan fingerprint density at radius 1 is 1.24 bits per heavy atom. The molecule has 1 amide bonds. The van der Waals surface area contributed by atoms with Gasteiger partial charge in [0, 0.05) is 53.9 Å². The minimum absolute atomic E-state index is 0. The van der Waals surface area contributed by atoms with Gasteiger partial charge in [-0.15, -0.1) is 24.0 Å². The van der Waals surface area contributed by atoms with Gasteiger partial charge in [0.25, 0.3) is 0 Å². The molecule has 6 nitrogen and oxygen atoms in total. The fraction of sp³-hybridized carbons (Fsp3) is 0.619. The Balaban J connectivity index is 0.00000420. The lowest BCUT2D eigenvalue weighted by Crippen LogP contribution is -2.50. The molecule has 164 valence electrons. The highest BCUT2D eigenvalue weighted by Crippen LogP contribution is 2.13. The van der Waals surface area contributed by atoms with Crippen LogP contribution in [-0.2, 0) is 21.3 Å². The molecule has 1 atom stereocenters. The second-order valence-electron chi connectivity index (χ2n) is 7.43. The van der Waals surface area contributed by atoms with Crippen molar-refractivity contribution in [1.29, 1.82) is 0 Å². The van der Waals surface area contributed by atoms with Crippen LogP contribution < -0.4 is 10.6 Å². The first kappa shape index (κ1) is 25.9. The number of nitrogens with one attached hydrogen (secondary N) is 2. The molecule has 0 bridgehead atoms. The Hall–Kier alpha value is -1.16. The number of nitrogens with zero attached hydrogens (tertiary/aromatic N) is 2. The number of rotatable bonds is 8. The van der Waals surface area contributed by atoms with Gasteiger partial charge in [0.2, 0.25) is 5.91 Å². The zero-order chi connectivity index (χ0) is 20.4. The summed E-state index contributed by atoms with van der Waals surface area (Å²) < 4.78 is 12.3.